The Bertz CT molecular complexity index is 565. The van der Waals surface area contributed by atoms with E-state index in [0.717, 1.165) is 19.9 Å². The SMILES string of the molecule is Cc1sc(-c2cccc(Br)c2)nc1CC(=O)O. The largest absolute Gasteiger partial charge is 0.481 e. The molecule has 3 nitrogen and oxygen atoms in total. The lowest BCUT2D eigenvalue weighted by Crippen LogP contribution is -2.01. The highest BCUT2D eigenvalue weighted by Gasteiger charge is 2.12. The number of aryl methyl sites for hydroxylation is 1. The first-order chi connectivity index (χ1) is 8.06. The van der Waals surface area contributed by atoms with Crippen LogP contribution in [0.1, 0.15) is 10.6 Å². The van der Waals surface area contributed by atoms with E-state index in [-0.39, 0.29) is 6.42 Å². The molecule has 2 rings (SSSR count). The van der Waals surface area contributed by atoms with Crippen molar-refractivity contribution in [2.75, 3.05) is 0 Å². The molecule has 0 amide bonds. The van der Waals surface area contributed by atoms with Gasteiger partial charge in [0.1, 0.15) is 5.01 Å². The number of carboxylic acid groups (broad SMARTS) is 1. The van der Waals surface area contributed by atoms with E-state index in [0.29, 0.717) is 5.69 Å². The Morgan fingerprint density at radius 1 is 1.53 bits per heavy atom. The van der Waals surface area contributed by atoms with E-state index < -0.39 is 5.97 Å². The standard InChI is InChI=1S/C12H10BrNO2S/c1-7-10(6-11(15)16)14-12(17-7)8-3-2-4-9(13)5-8/h2-5H,6H2,1H3,(H,15,16). The van der Waals surface area contributed by atoms with Crippen LogP contribution in [0, 0.1) is 6.92 Å². The van der Waals surface area contributed by atoms with Crippen molar-refractivity contribution in [3.8, 4) is 10.6 Å². The van der Waals surface area contributed by atoms with E-state index in [1.807, 2.05) is 31.2 Å². The van der Waals surface area contributed by atoms with Crippen LogP contribution in [0.25, 0.3) is 10.6 Å². The average molecular weight is 312 g/mol. The van der Waals surface area contributed by atoms with Crippen molar-refractivity contribution < 1.29 is 9.90 Å². The Balaban J connectivity index is 2.37. The summed E-state index contributed by atoms with van der Waals surface area (Å²) in [6.45, 7) is 1.90. The molecular weight excluding hydrogens is 302 g/mol. The van der Waals surface area contributed by atoms with Crippen molar-refractivity contribution in [1.82, 2.24) is 4.98 Å². The number of benzene rings is 1. The van der Waals surface area contributed by atoms with Gasteiger partial charge in [0.25, 0.3) is 0 Å². The van der Waals surface area contributed by atoms with Crippen LogP contribution >= 0.6 is 27.3 Å². The molecule has 17 heavy (non-hydrogen) atoms. The van der Waals surface area contributed by atoms with E-state index >= 15 is 0 Å². The number of hydrogen-bond acceptors (Lipinski definition) is 3. The number of nitrogens with zero attached hydrogens (tertiary/aromatic N) is 1. The van der Waals surface area contributed by atoms with Crippen molar-refractivity contribution >= 4 is 33.2 Å². The van der Waals surface area contributed by atoms with Gasteiger partial charge in [-0.1, -0.05) is 28.1 Å². The van der Waals surface area contributed by atoms with Crippen molar-refractivity contribution in [3.05, 3.63) is 39.3 Å². The lowest BCUT2D eigenvalue weighted by Gasteiger charge is -1.96. The van der Waals surface area contributed by atoms with Gasteiger partial charge >= 0.3 is 5.97 Å². The molecule has 1 aromatic heterocycles. The van der Waals surface area contributed by atoms with Crippen LogP contribution in [0.3, 0.4) is 0 Å². The van der Waals surface area contributed by atoms with Crippen molar-refractivity contribution in [3.63, 3.8) is 0 Å². The van der Waals surface area contributed by atoms with Gasteiger partial charge in [0.2, 0.25) is 0 Å². The first-order valence-corrected chi connectivity index (χ1v) is 6.61. The molecule has 0 atom stereocenters. The highest BCUT2D eigenvalue weighted by atomic mass is 79.9. The van der Waals surface area contributed by atoms with Crippen LogP contribution < -0.4 is 0 Å². The highest BCUT2D eigenvalue weighted by Crippen LogP contribution is 2.29. The predicted molar refractivity (Wildman–Crippen MR) is 71.3 cm³/mol. The van der Waals surface area contributed by atoms with Gasteiger partial charge in [-0.3, -0.25) is 4.79 Å². The smallest absolute Gasteiger partial charge is 0.309 e. The van der Waals surface area contributed by atoms with Gasteiger partial charge in [0.15, 0.2) is 0 Å². The van der Waals surface area contributed by atoms with E-state index in [1.54, 1.807) is 0 Å². The Morgan fingerprint density at radius 2 is 2.29 bits per heavy atom. The van der Waals surface area contributed by atoms with Crippen LogP contribution in [0.4, 0.5) is 0 Å². The van der Waals surface area contributed by atoms with Gasteiger partial charge in [-0.2, -0.15) is 0 Å². The second kappa shape index (κ2) is 4.98. The van der Waals surface area contributed by atoms with Gasteiger partial charge < -0.3 is 5.11 Å². The molecule has 2 aromatic rings. The zero-order valence-corrected chi connectivity index (χ0v) is 11.5. The van der Waals surface area contributed by atoms with Gasteiger partial charge in [0.05, 0.1) is 12.1 Å². The summed E-state index contributed by atoms with van der Waals surface area (Å²) in [5.41, 5.74) is 1.65. The van der Waals surface area contributed by atoms with Gasteiger partial charge in [-0.15, -0.1) is 11.3 Å². The van der Waals surface area contributed by atoms with E-state index in [9.17, 15) is 4.79 Å². The molecule has 1 heterocycles. The summed E-state index contributed by atoms with van der Waals surface area (Å²) in [6.07, 6.45) is -0.0175. The molecule has 1 N–H and O–H groups in total. The van der Waals surface area contributed by atoms with Crippen LogP contribution in [-0.4, -0.2) is 16.1 Å². The number of thiazole rings is 1. The quantitative estimate of drug-likeness (QED) is 0.943. The minimum atomic E-state index is -0.848. The van der Waals surface area contributed by atoms with Gasteiger partial charge in [0, 0.05) is 14.9 Å². The Kier molecular flexibility index (Phi) is 3.59. The lowest BCUT2D eigenvalue weighted by atomic mass is 10.2. The lowest BCUT2D eigenvalue weighted by molar-refractivity contribution is -0.136. The minimum absolute atomic E-state index is 0.0175. The molecule has 0 saturated carbocycles. The Labute approximate surface area is 111 Å². The number of aromatic nitrogens is 1. The van der Waals surface area contributed by atoms with Crippen molar-refractivity contribution in [2.24, 2.45) is 0 Å². The van der Waals surface area contributed by atoms with E-state index in [2.05, 4.69) is 20.9 Å². The molecular formula is C12H10BrNO2S. The summed E-state index contributed by atoms with van der Waals surface area (Å²) in [4.78, 5) is 16.0. The number of carboxylic acids is 1. The number of carbonyl (C=O) groups is 1. The second-order valence-corrected chi connectivity index (χ2v) is 5.72. The highest BCUT2D eigenvalue weighted by molar-refractivity contribution is 9.10. The fraction of sp³-hybridized carbons (Fsp3) is 0.167. The van der Waals surface area contributed by atoms with Crippen LogP contribution in [0.2, 0.25) is 0 Å². The molecule has 88 valence electrons. The molecule has 0 bridgehead atoms. The Hall–Kier alpha value is -1.20. The molecule has 0 radical (unpaired) electrons. The van der Waals surface area contributed by atoms with Gasteiger partial charge in [-0.25, -0.2) is 4.98 Å². The number of hydrogen-bond donors (Lipinski definition) is 1. The average Bonchev–Trinajstić information content (AvgIpc) is 2.59. The van der Waals surface area contributed by atoms with E-state index in [1.165, 1.54) is 11.3 Å². The fourth-order valence-corrected chi connectivity index (χ4v) is 2.81. The third-order valence-electron chi connectivity index (χ3n) is 2.28. The minimum Gasteiger partial charge on any atom is -0.481 e. The number of rotatable bonds is 3. The molecule has 0 spiro atoms. The number of halogens is 1. The van der Waals surface area contributed by atoms with Crippen LogP contribution in [0.15, 0.2) is 28.7 Å². The molecule has 0 saturated heterocycles. The maximum Gasteiger partial charge on any atom is 0.309 e. The summed E-state index contributed by atoms with van der Waals surface area (Å²) in [6, 6.07) is 7.82. The second-order valence-electron chi connectivity index (χ2n) is 3.60. The zero-order valence-electron chi connectivity index (χ0n) is 9.11. The normalized spacial score (nSPS) is 10.5. The fourth-order valence-electron chi connectivity index (χ4n) is 1.48. The molecule has 5 heteroatoms. The maximum absolute atomic E-state index is 10.7. The first kappa shape index (κ1) is 12.3. The Morgan fingerprint density at radius 3 is 2.94 bits per heavy atom. The topological polar surface area (TPSA) is 50.2 Å². The van der Waals surface area contributed by atoms with E-state index in [4.69, 9.17) is 5.11 Å². The predicted octanol–water partition coefficient (Wildman–Crippen LogP) is 3.51. The number of aliphatic carboxylic acids is 1. The summed E-state index contributed by atoms with van der Waals surface area (Å²) < 4.78 is 0.989. The zero-order chi connectivity index (χ0) is 12.4. The summed E-state index contributed by atoms with van der Waals surface area (Å²) in [5, 5.41) is 9.63. The monoisotopic (exact) mass is 311 g/mol. The molecule has 0 aliphatic carbocycles. The molecule has 1 aromatic carbocycles. The maximum atomic E-state index is 10.7. The molecule has 0 unspecified atom stereocenters. The van der Waals surface area contributed by atoms with Crippen molar-refractivity contribution in [1.29, 1.82) is 0 Å². The van der Waals surface area contributed by atoms with Gasteiger partial charge in [-0.05, 0) is 19.1 Å². The third-order valence-corrected chi connectivity index (χ3v) is 3.84. The molecule has 0 aliphatic rings. The van der Waals surface area contributed by atoms with Crippen LogP contribution in [-0.2, 0) is 11.2 Å². The summed E-state index contributed by atoms with van der Waals surface area (Å²) in [7, 11) is 0. The summed E-state index contributed by atoms with van der Waals surface area (Å²) >= 11 is 4.93. The summed E-state index contributed by atoms with van der Waals surface area (Å²) in [5.74, 6) is -0.848. The molecule has 0 fully saturated rings. The van der Waals surface area contributed by atoms with Crippen LogP contribution in [0.5, 0.6) is 0 Å². The third kappa shape index (κ3) is 2.92. The first-order valence-electron chi connectivity index (χ1n) is 5.00. The van der Waals surface area contributed by atoms with Crippen molar-refractivity contribution in [2.45, 2.75) is 13.3 Å². The molecule has 0 aliphatic heterocycles.